The summed E-state index contributed by atoms with van der Waals surface area (Å²) in [6, 6.07) is 49.4. The lowest BCUT2D eigenvalue weighted by Gasteiger charge is -2.44. The smallest absolute Gasteiger partial charge is 0.133 e. The van der Waals surface area contributed by atoms with Crippen LogP contribution in [0, 0.1) is 63.1 Å². The quantitative estimate of drug-likeness (QED) is 0.235. The summed E-state index contributed by atoms with van der Waals surface area (Å²) in [5, 5.41) is 41.5. The molecule has 4 atom stereocenters. The SMILES string of the molecule is N#CC(C#N)=C1C=C(c2ccccc2)[C@]2(c3ccccc3)C1[C@@H]1C(c3ccccc3)=C(c3ccccc3)[C@H]2C1=C(C#N)C#N. The molecule has 0 heterocycles. The van der Waals surface area contributed by atoms with Crippen LogP contribution in [0.15, 0.2) is 150 Å². The molecule has 0 spiro atoms. The number of rotatable bonds is 4. The number of benzene rings is 4. The molecular formula is C40H24N4. The van der Waals surface area contributed by atoms with Gasteiger partial charge in [0.1, 0.15) is 35.4 Å². The van der Waals surface area contributed by atoms with Gasteiger partial charge in [-0.05, 0) is 50.1 Å². The highest BCUT2D eigenvalue weighted by Gasteiger charge is 2.70. The summed E-state index contributed by atoms with van der Waals surface area (Å²) in [5.41, 5.74) is 7.85. The molecule has 3 aliphatic rings. The molecule has 7 rings (SSSR count). The Bertz CT molecular complexity index is 2060. The second kappa shape index (κ2) is 10.6. The van der Waals surface area contributed by atoms with Crippen molar-refractivity contribution in [1.29, 1.82) is 21.0 Å². The van der Waals surface area contributed by atoms with Gasteiger partial charge in [0.05, 0.1) is 0 Å². The highest BCUT2D eigenvalue weighted by atomic mass is 14.7. The van der Waals surface area contributed by atoms with Gasteiger partial charge in [0, 0.05) is 23.2 Å². The third-order valence-electron chi connectivity index (χ3n) is 9.43. The molecule has 3 aliphatic carbocycles. The Morgan fingerprint density at radius 3 is 1.48 bits per heavy atom. The molecule has 4 heteroatoms. The van der Waals surface area contributed by atoms with E-state index in [0.29, 0.717) is 5.57 Å². The van der Waals surface area contributed by atoms with Gasteiger partial charge < -0.3 is 0 Å². The number of hydrogen-bond acceptors (Lipinski definition) is 4. The summed E-state index contributed by atoms with van der Waals surface area (Å²) >= 11 is 0. The topological polar surface area (TPSA) is 95.2 Å². The molecule has 1 unspecified atom stereocenters. The van der Waals surface area contributed by atoms with E-state index < -0.39 is 23.2 Å². The Balaban J connectivity index is 1.73. The maximum atomic E-state index is 10.5. The number of hydrogen-bond donors (Lipinski definition) is 0. The zero-order valence-electron chi connectivity index (χ0n) is 23.6. The highest BCUT2D eigenvalue weighted by Crippen LogP contribution is 2.76. The van der Waals surface area contributed by atoms with Crippen molar-refractivity contribution >= 4 is 16.7 Å². The summed E-state index contributed by atoms with van der Waals surface area (Å²) < 4.78 is 0. The van der Waals surface area contributed by atoms with Crippen molar-refractivity contribution in [1.82, 2.24) is 0 Å². The van der Waals surface area contributed by atoms with Crippen molar-refractivity contribution in [3.05, 3.63) is 172 Å². The van der Waals surface area contributed by atoms with Gasteiger partial charge >= 0.3 is 0 Å². The largest absolute Gasteiger partial charge is 0.192 e. The lowest BCUT2D eigenvalue weighted by Crippen LogP contribution is -2.40. The van der Waals surface area contributed by atoms with Crippen molar-refractivity contribution in [3.63, 3.8) is 0 Å². The van der Waals surface area contributed by atoms with E-state index in [1.54, 1.807) is 0 Å². The molecule has 0 saturated heterocycles. The minimum Gasteiger partial charge on any atom is -0.192 e. The van der Waals surface area contributed by atoms with Crippen molar-refractivity contribution in [3.8, 4) is 24.3 Å². The summed E-state index contributed by atoms with van der Waals surface area (Å²) in [6.45, 7) is 0. The molecule has 0 N–H and O–H groups in total. The highest BCUT2D eigenvalue weighted by molar-refractivity contribution is 6.06. The van der Waals surface area contributed by atoms with Crippen molar-refractivity contribution in [2.24, 2.45) is 17.8 Å². The molecule has 0 aromatic heterocycles. The second-order valence-electron chi connectivity index (χ2n) is 11.2. The van der Waals surface area contributed by atoms with Crippen molar-refractivity contribution < 1.29 is 0 Å². The maximum absolute atomic E-state index is 10.5. The molecule has 4 aromatic carbocycles. The second-order valence-corrected chi connectivity index (χ2v) is 11.2. The zero-order chi connectivity index (χ0) is 30.3. The fourth-order valence-corrected chi connectivity index (χ4v) is 8.07. The number of fused-ring (bicyclic) bond motifs is 5. The Morgan fingerprint density at radius 1 is 0.523 bits per heavy atom. The van der Waals surface area contributed by atoms with Gasteiger partial charge in [-0.3, -0.25) is 0 Å². The lowest BCUT2D eigenvalue weighted by atomic mass is 9.56. The summed E-state index contributed by atoms with van der Waals surface area (Å²) in [4.78, 5) is 0. The molecule has 2 bridgehead atoms. The van der Waals surface area contributed by atoms with Gasteiger partial charge in [-0.25, -0.2) is 0 Å². The van der Waals surface area contributed by atoms with Crippen molar-refractivity contribution in [2.45, 2.75) is 5.41 Å². The Hall–Kier alpha value is -6.20. The third kappa shape index (κ3) is 3.60. The molecule has 204 valence electrons. The molecule has 0 amide bonds. The molecule has 0 radical (unpaired) electrons. The number of allylic oxidation sites excluding steroid dienone is 8. The molecule has 0 aliphatic heterocycles. The minimum absolute atomic E-state index is 0.0530. The van der Waals surface area contributed by atoms with E-state index in [2.05, 4.69) is 72.8 Å². The minimum atomic E-state index is -0.792. The predicted molar refractivity (Wildman–Crippen MR) is 169 cm³/mol. The van der Waals surface area contributed by atoms with Gasteiger partial charge in [-0.2, -0.15) is 21.0 Å². The Labute approximate surface area is 256 Å². The summed E-state index contributed by atoms with van der Waals surface area (Å²) in [7, 11) is 0. The molecule has 44 heavy (non-hydrogen) atoms. The van der Waals surface area contributed by atoms with Crippen LogP contribution >= 0.6 is 0 Å². The van der Waals surface area contributed by atoms with Gasteiger partial charge in [-0.1, -0.05) is 127 Å². The molecule has 1 saturated carbocycles. The Kier molecular flexibility index (Phi) is 6.41. The van der Waals surface area contributed by atoms with Crippen LogP contribution in [-0.4, -0.2) is 0 Å². The van der Waals surface area contributed by atoms with E-state index in [1.165, 1.54) is 0 Å². The van der Waals surface area contributed by atoms with Crippen molar-refractivity contribution in [2.75, 3.05) is 0 Å². The van der Waals surface area contributed by atoms with Gasteiger partial charge in [0.25, 0.3) is 0 Å². The van der Waals surface area contributed by atoms with Crippen LogP contribution in [0.1, 0.15) is 22.3 Å². The first kappa shape index (κ1) is 26.7. The van der Waals surface area contributed by atoms with Crippen LogP contribution in [0.3, 0.4) is 0 Å². The average Bonchev–Trinajstić information content (AvgIpc) is 3.72. The van der Waals surface area contributed by atoms with Crippen LogP contribution in [-0.2, 0) is 5.41 Å². The standard InChI is InChI=1S/C40H24N4/c41-22-29(23-42)32-21-33(26-13-5-1-6-14-26)40(31-19-11-4-12-20-31)38(32)37-34(27-15-7-2-8-16-27)35(28-17-9-3-10-18-28)39(40)36(37)30(24-43)25-44/h1-21,37-39H/t37-,38?,39+,40-/m1/s1. The van der Waals surface area contributed by atoms with E-state index >= 15 is 0 Å². The first-order chi connectivity index (χ1) is 21.7. The molecule has 4 aromatic rings. The normalized spacial score (nSPS) is 22.7. The summed E-state index contributed by atoms with van der Waals surface area (Å²) in [5.74, 6) is -1.22. The molecule has 1 fully saturated rings. The van der Waals surface area contributed by atoms with Crippen LogP contribution < -0.4 is 0 Å². The molecule has 4 nitrogen and oxygen atoms in total. The number of nitriles is 4. The zero-order valence-corrected chi connectivity index (χ0v) is 23.6. The van der Waals surface area contributed by atoms with E-state index in [4.69, 9.17) is 0 Å². The number of nitrogens with zero attached hydrogens (tertiary/aromatic N) is 4. The third-order valence-corrected chi connectivity index (χ3v) is 9.43. The van der Waals surface area contributed by atoms with Gasteiger partial charge in [0.15, 0.2) is 0 Å². The Morgan fingerprint density at radius 2 is 0.977 bits per heavy atom. The van der Waals surface area contributed by atoms with Gasteiger partial charge in [-0.15, -0.1) is 0 Å². The van der Waals surface area contributed by atoms with E-state index in [0.717, 1.165) is 44.5 Å². The lowest BCUT2D eigenvalue weighted by molar-refractivity contribution is 0.399. The van der Waals surface area contributed by atoms with E-state index in [9.17, 15) is 21.0 Å². The predicted octanol–water partition coefficient (Wildman–Crippen LogP) is 8.20. The summed E-state index contributed by atoms with van der Waals surface area (Å²) in [6.07, 6.45) is 2.04. The average molecular weight is 561 g/mol. The fraction of sp³-hybridized carbons (Fsp3) is 0.100. The first-order valence-corrected chi connectivity index (χ1v) is 14.5. The van der Waals surface area contributed by atoms with E-state index in [-0.39, 0.29) is 11.1 Å². The van der Waals surface area contributed by atoms with Gasteiger partial charge in [0.2, 0.25) is 0 Å². The fourth-order valence-electron chi connectivity index (χ4n) is 8.07. The molecular weight excluding hydrogens is 536 g/mol. The van der Waals surface area contributed by atoms with Crippen LogP contribution in [0.4, 0.5) is 0 Å². The van der Waals surface area contributed by atoms with Crippen LogP contribution in [0.25, 0.3) is 16.7 Å². The van der Waals surface area contributed by atoms with Crippen LogP contribution in [0.2, 0.25) is 0 Å². The maximum Gasteiger partial charge on any atom is 0.133 e. The van der Waals surface area contributed by atoms with E-state index in [1.807, 2.05) is 78.9 Å². The first-order valence-electron chi connectivity index (χ1n) is 14.5. The van der Waals surface area contributed by atoms with Crippen LogP contribution in [0.5, 0.6) is 0 Å². The monoisotopic (exact) mass is 560 g/mol.